The second-order valence-electron chi connectivity index (χ2n) is 6.13. The highest BCUT2D eigenvalue weighted by molar-refractivity contribution is 7.98. The topological polar surface area (TPSA) is 74.8 Å². The maximum Gasteiger partial charge on any atom is 0.254 e. The molecule has 1 atom stereocenters. The number of nitrogens with zero attached hydrogens (tertiary/aromatic N) is 1. The highest BCUT2D eigenvalue weighted by Gasteiger charge is 2.12. The predicted molar refractivity (Wildman–Crippen MR) is 102 cm³/mol. The highest BCUT2D eigenvalue weighted by Crippen LogP contribution is 2.10. The molecule has 1 aromatic heterocycles. The SMILES string of the molecule is CSc1nc(C)c(CCC(=O)NC(C)CCc2ccccc2)c(=O)[nH]1. The monoisotopic (exact) mass is 359 g/mol. The molecule has 1 amide bonds. The standard InChI is InChI=1S/C19H25N3O2S/c1-13(9-10-15-7-5-4-6-8-15)20-17(23)12-11-16-14(2)21-19(25-3)22-18(16)24/h4-8,13H,9-12H2,1-3H3,(H,20,23)(H,21,22,24). The Hall–Kier alpha value is -2.08. The summed E-state index contributed by atoms with van der Waals surface area (Å²) in [7, 11) is 0. The summed E-state index contributed by atoms with van der Waals surface area (Å²) in [5.41, 5.74) is 2.40. The van der Waals surface area contributed by atoms with Gasteiger partial charge in [0, 0.05) is 23.7 Å². The van der Waals surface area contributed by atoms with Gasteiger partial charge in [-0.2, -0.15) is 0 Å². The predicted octanol–water partition coefficient (Wildman–Crippen LogP) is 2.87. The molecule has 2 rings (SSSR count). The Morgan fingerprint density at radius 2 is 2.00 bits per heavy atom. The van der Waals surface area contributed by atoms with E-state index in [1.54, 1.807) is 0 Å². The van der Waals surface area contributed by atoms with Crippen molar-refractivity contribution in [3.05, 3.63) is 57.5 Å². The number of carbonyl (C=O) groups excluding carboxylic acids is 1. The molecule has 1 unspecified atom stereocenters. The maximum atomic E-state index is 12.1. The van der Waals surface area contributed by atoms with Crippen molar-refractivity contribution in [1.82, 2.24) is 15.3 Å². The molecule has 134 valence electrons. The summed E-state index contributed by atoms with van der Waals surface area (Å²) in [5.74, 6) is -0.0340. The Morgan fingerprint density at radius 1 is 1.28 bits per heavy atom. The number of H-pyrrole nitrogens is 1. The first-order chi connectivity index (χ1) is 12.0. The van der Waals surface area contributed by atoms with Gasteiger partial charge in [0.1, 0.15) is 0 Å². The minimum Gasteiger partial charge on any atom is -0.354 e. The van der Waals surface area contributed by atoms with E-state index in [1.807, 2.05) is 38.3 Å². The largest absolute Gasteiger partial charge is 0.354 e. The molecular formula is C19H25N3O2S. The van der Waals surface area contributed by atoms with Crippen LogP contribution in [0.5, 0.6) is 0 Å². The Morgan fingerprint density at radius 3 is 2.64 bits per heavy atom. The second kappa shape index (κ2) is 9.42. The number of benzene rings is 1. The van der Waals surface area contributed by atoms with Gasteiger partial charge in [-0.1, -0.05) is 42.1 Å². The van der Waals surface area contributed by atoms with Crippen LogP contribution < -0.4 is 10.9 Å². The number of amides is 1. The van der Waals surface area contributed by atoms with Crippen LogP contribution in [-0.4, -0.2) is 28.2 Å². The van der Waals surface area contributed by atoms with E-state index in [0.29, 0.717) is 29.3 Å². The zero-order valence-electron chi connectivity index (χ0n) is 15.0. The van der Waals surface area contributed by atoms with Crippen LogP contribution in [0.3, 0.4) is 0 Å². The molecule has 1 heterocycles. The zero-order valence-corrected chi connectivity index (χ0v) is 15.8. The third-order valence-corrected chi connectivity index (χ3v) is 4.69. The fourth-order valence-electron chi connectivity index (χ4n) is 2.66. The summed E-state index contributed by atoms with van der Waals surface area (Å²) in [4.78, 5) is 31.3. The molecule has 1 aromatic carbocycles. The van der Waals surface area contributed by atoms with E-state index in [9.17, 15) is 9.59 Å². The van der Waals surface area contributed by atoms with Crippen LogP contribution in [0.15, 0.2) is 40.3 Å². The molecule has 25 heavy (non-hydrogen) atoms. The number of carbonyl (C=O) groups is 1. The summed E-state index contributed by atoms with van der Waals surface area (Å²) < 4.78 is 0. The fraction of sp³-hybridized carbons (Fsp3) is 0.421. The number of thioether (sulfide) groups is 1. The number of aromatic nitrogens is 2. The molecule has 6 heteroatoms. The molecule has 0 fully saturated rings. The van der Waals surface area contributed by atoms with E-state index in [0.717, 1.165) is 12.8 Å². The van der Waals surface area contributed by atoms with Crippen molar-refractivity contribution >= 4 is 17.7 Å². The maximum absolute atomic E-state index is 12.1. The molecule has 0 aliphatic rings. The first kappa shape index (κ1) is 19.2. The quantitative estimate of drug-likeness (QED) is 0.561. The van der Waals surface area contributed by atoms with Gasteiger partial charge in [0.25, 0.3) is 5.56 Å². The van der Waals surface area contributed by atoms with E-state index >= 15 is 0 Å². The summed E-state index contributed by atoms with van der Waals surface area (Å²) in [5, 5.41) is 3.61. The van der Waals surface area contributed by atoms with Crippen molar-refractivity contribution in [2.24, 2.45) is 0 Å². The average Bonchev–Trinajstić information content (AvgIpc) is 2.60. The van der Waals surface area contributed by atoms with Gasteiger partial charge in [-0.05, 0) is 44.9 Å². The zero-order chi connectivity index (χ0) is 18.2. The number of hydrogen-bond acceptors (Lipinski definition) is 4. The van der Waals surface area contributed by atoms with E-state index in [2.05, 4.69) is 27.4 Å². The average molecular weight is 359 g/mol. The molecule has 0 saturated carbocycles. The number of hydrogen-bond donors (Lipinski definition) is 2. The van der Waals surface area contributed by atoms with Gasteiger partial charge >= 0.3 is 0 Å². The third-order valence-electron chi connectivity index (χ3n) is 4.11. The first-order valence-corrected chi connectivity index (χ1v) is 9.69. The molecule has 0 radical (unpaired) electrons. The Labute approximate surface area is 152 Å². The van der Waals surface area contributed by atoms with E-state index in [1.165, 1.54) is 17.3 Å². The van der Waals surface area contributed by atoms with Crippen LogP contribution >= 0.6 is 11.8 Å². The summed E-state index contributed by atoms with van der Waals surface area (Å²) in [6.45, 7) is 3.82. The van der Waals surface area contributed by atoms with Gasteiger partial charge in [0.05, 0.1) is 0 Å². The van der Waals surface area contributed by atoms with Crippen molar-refractivity contribution in [2.45, 2.75) is 50.7 Å². The number of nitrogens with one attached hydrogen (secondary N) is 2. The summed E-state index contributed by atoms with van der Waals surface area (Å²) in [6.07, 6.45) is 4.38. The van der Waals surface area contributed by atoms with Crippen LogP contribution in [0.2, 0.25) is 0 Å². The molecule has 0 bridgehead atoms. The minimum atomic E-state index is -0.151. The smallest absolute Gasteiger partial charge is 0.254 e. The summed E-state index contributed by atoms with van der Waals surface area (Å²) >= 11 is 1.40. The van der Waals surface area contributed by atoms with Crippen molar-refractivity contribution in [3.63, 3.8) is 0 Å². The van der Waals surface area contributed by atoms with E-state index in [4.69, 9.17) is 0 Å². The highest BCUT2D eigenvalue weighted by atomic mass is 32.2. The van der Waals surface area contributed by atoms with Crippen LogP contribution in [0.25, 0.3) is 0 Å². The second-order valence-corrected chi connectivity index (χ2v) is 6.93. The van der Waals surface area contributed by atoms with Gasteiger partial charge in [-0.15, -0.1) is 0 Å². The van der Waals surface area contributed by atoms with Crippen LogP contribution in [-0.2, 0) is 17.6 Å². The molecule has 2 N–H and O–H groups in total. The number of aryl methyl sites for hydroxylation is 2. The lowest BCUT2D eigenvalue weighted by Crippen LogP contribution is -2.33. The lowest BCUT2D eigenvalue weighted by atomic mass is 10.1. The Kier molecular flexibility index (Phi) is 7.25. The fourth-order valence-corrected chi connectivity index (χ4v) is 3.08. The van der Waals surface area contributed by atoms with Gasteiger partial charge in [0.15, 0.2) is 5.16 Å². The molecule has 5 nitrogen and oxygen atoms in total. The van der Waals surface area contributed by atoms with E-state index < -0.39 is 0 Å². The summed E-state index contributed by atoms with van der Waals surface area (Å²) in [6, 6.07) is 10.3. The first-order valence-electron chi connectivity index (χ1n) is 8.46. The lowest BCUT2D eigenvalue weighted by Gasteiger charge is -2.14. The Bertz CT molecular complexity index is 759. The normalized spacial score (nSPS) is 12.0. The van der Waals surface area contributed by atoms with Gasteiger partial charge in [0.2, 0.25) is 5.91 Å². The third kappa shape index (κ3) is 6.05. The van der Waals surface area contributed by atoms with Crippen molar-refractivity contribution in [1.29, 1.82) is 0 Å². The number of aromatic amines is 1. The van der Waals surface area contributed by atoms with Crippen LogP contribution in [0, 0.1) is 6.92 Å². The molecule has 0 aliphatic heterocycles. The van der Waals surface area contributed by atoms with Crippen molar-refractivity contribution < 1.29 is 4.79 Å². The number of rotatable bonds is 8. The van der Waals surface area contributed by atoms with Gasteiger partial charge in [-0.3, -0.25) is 9.59 Å². The lowest BCUT2D eigenvalue weighted by molar-refractivity contribution is -0.121. The van der Waals surface area contributed by atoms with Crippen LogP contribution in [0.1, 0.15) is 36.6 Å². The molecular weight excluding hydrogens is 334 g/mol. The van der Waals surface area contributed by atoms with Crippen LogP contribution in [0.4, 0.5) is 0 Å². The minimum absolute atomic E-state index is 0.0340. The van der Waals surface area contributed by atoms with Crippen molar-refractivity contribution in [2.75, 3.05) is 6.26 Å². The van der Waals surface area contributed by atoms with Gasteiger partial charge in [-0.25, -0.2) is 4.98 Å². The molecule has 0 saturated heterocycles. The Balaban J connectivity index is 1.81. The molecule has 0 aliphatic carbocycles. The van der Waals surface area contributed by atoms with E-state index in [-0.39, 0.29) is 17.5 Å². The van der Waals surface area contributed by atoms with Gasteiger partial charge < -0.3 is 10.3 Å². The molecule has 0 spiro atoms. The molecule has 2 aromatic rings. The van der Waals surface area contributed by atoms with Crippen molar-refractivity contribution in [3.8, 4) is 0 Å².